The van der Waals surface area contributed by atoms with Gasteiger partial charge >= 0.3 is 6.03 Å². The largest absolute Gasteiger partial charge is 0.497 e. The molecule has 0 spiro atoms. The molecule has 0 aliphatic carbocycles. The Kier molecular flexibility index (Phi) is 7.71. The predicted octanol–water partition coefficient (Wildman–Crippen LogP) is 3.36. The van der Waals surface area contributed by atoms with Crippen LogP contribution in [0.3, 0.4) is 0 Å². The SMILES string of the molecule is COc1cccc(CC(C)NC(=O)N2CCC(C(=O)NCc3ccccc3)CC2)c1. The minimum absolute atomic E-state index is 0.0106. The van der Waals surface area contributed by atoms with Crippen LogP contribution in [-0.2, 0) is 17.8 Å². The van der Waals surface area contributed by atoms with Crippen molar-refractivity contribution in [3.63, 3.8) is 0 Å². The molecule has 160 valence electrons. The molecule has 2 aromatic rings. The summed E-state index contributed by atoms with van der Waals surface area (Å²) >= 11 is 0. The summed E-state index contributed by atoms with van der Waals surface area (Å²) < 4.78 is 5.26. The zero-order valence-electron chi connectivity index (χ0n) is 17.8. The smallest absolute Gasteiger partial charge is 0.317 e. The van der Waals surface area contributed by atoms with Gasteiger partial charge in [-0.15, -0.1) is 0 Å². The molecule has 3 amide bonds. The highest BCUT2D eigenvalue weighted by atomic mass is 16.5. The number of nitrogens with one attached hydrogen (secondary N) is 2. The van der Waals surface area contributed by atoms with Gasteiger partial charge in [0.25, 0.3) is 0 Å². The van der Waals surface area contributed by atoms with Crippen LogP contribution in [0.5, 0.6) is 5.75 Å². The molecule has 0 saturated carbocycles. The molecule has 0 bridgehead atoms. The highest BCUT2D eigenvalue weighted by Crippen LogP contribution is 2.18. The van der Waals surface area contributed by atoms with Gasteiger partial charge in [-0.2, -0.15) is 0 Å². The van der Waals surface area contributed by atoms with Gasteiger partial charge in [-0.1, -0.05) is 42.5 Å². The first-order valence-electron chi connectivity index (χ1n) is 10.5. The number of likely N-dealkylation sites (tertiary alicyclic amines) is 1. The number of benzene rings is 2. The molecule has 30 heavy (non-hydrogen) atoms. The summed E-state index contributed by atoms with van der Waals surface area (Å²) in [7, 11) is 1.65. The van der Waals surface area contributed by atoms with Gasteiger partial charge in [-0.05, 0) is 49.4 Å². The Morgan fingerprint density at radius 2 is 1.77 bits per heavy atom. The number of amides is 3. The number of methoxy groups -OCH3 is 1. The Hall–Kier alpha value is -3.02. The average Bonchev–Trinajstić information content (AvgIpc) is 2.78. The molecule has 1 fully saturated rings. The highest BCUT2D eigenvalue weighted by Gasteiger charge is 2.27. The van der Waals surface area contributed by atoms with Gasteiger partial charge in [0.2, 0.25) is 5.91 Å². The molecule has 1 aliphatic heterocycles. The van der Waals surface area contributed by atoms with Crippen molar-refractivity contribution in [3.8, 4) is 5.75 Å². The second-order valence-corrected chi connectivity index (χ2v) is 7.87. The van der Waals surface area contributed by atoms with Gasteiger partial charge in [-0.3, -0.25) is 4.79 Å². The summed E-state index contributed by atoms with van der Waals surface area (Å²) in [4.78, 5) is 26.8. The maximum absolute atomic E-state index is 12.6. The fourth-order valence-electron chi connectivity index (χ4n) is 3.78. The number of hydrogen-bond acceptors (Lipinski definition) is 3. The van der Waals surface area contributed by atoms with E-state index in [0.717, 1.165) is 23.3 Å². The van der Waals surface area contributed by atoms with E-state index < -0.39 is 0 Å². The van der Waals surface area contributed by atoms with Crippen molar-refractivity contribution in [2.24, 2.45) is 5.92 Å². The zero-order chi connectivity index (χ0) is 21.3. The van der Waals surface area contributed by atoms with E-state index in [1.165, 1.54) is 0 Å². The van der Waals surface area contributed by atoms with Crippen molar-refractivity contribution in [2.45, 2.75) is 38.8 Å². The average molecular weight is 410 g/mol. The van der Waals surface area contributed by atoms with Crippen molar-refractivity contribution in [2.75, 3.05) is 20.2 Å². The highest BCUT2D eigenvalue weighted by molar-refractivity contribution is 5.79. The lowest BCUT2D eigenvalue weighted by atomic mass is 9.96. The first-order valence-corrected chi connectivity index (χ1v) is 10.5. The van der Waals surface area contributed by atoms with Crippen molar-refractivity contribution >= 4 is 11.9 Å². The lowest BCUT2D eigenvalue weighted by Gasteiger charge is -2.32. The van der Waals surface area contributed by atoms with E-state index >= 15 is 0 Å². The predicted molar refractivity (Wildman–Crippen MR) is 117 cm³/mol. The summed E-state index contributed by atoms with van der Waals surface area (Å²) in [5, 5.41) is 6.09. The Morgan fingerprint density at radius 1 is 1.07 bits per heavy atom. The summed E-state index contributed by atoms with van der Waals surface area (Å²) in [5.74, 6) is 0.857. The first-order chi connectivity index (χ1) is 14.5. The van der Waals surface area contributed by atoms with Gasteiger partial charge in [0.1, 0.15) is 5.75 Å². The number of rotatable bonds is 7. The molecule has 1 heterocycles. The number of ether oxygens (including phenoxy) is 1. The summed E-state index contributed by atoms with van der Waals surface area (Å²) in [5.41, 5.74) is 2.21. The monoisotopic (exact) mass is 409 g/mol. The summed E-state index contributed by atoms with van der Waals surface area (Å²) in [6, 6.07) is 17.7. The quantitative estimate of drug-likeness (QED) is 0.737. The number of hydrogen-bond donors (Lipinski definition) is 2. The number of nitrogens with zero attached hydrogens (tertiary/aromatic N) is 1. The summed E-state index contributed by atoms with van der Waals surface area (Å²) in [6.45, 7) is 3.74. The van der Waals surface area contributed by atoms with Crippen LogP contribution in [0.1, 0.15) is 30.9 Å². The number of carbonyl (C=O) groups excluding carboxylic acids is 2. The minimum atomic E-state index is -0.0615. The van der Waals surface area contributed by atoms with E-state index in [-0.39, 0.29) is 23.9 Å². The topological polar surface area (TPSA) is 70.7 Å². The molecule has 3 rings (SSSR count). The van der Waals surface area contributed by atoms with Crippen LogP contribution in [0.15, 0.2) is 54.6 Å². The Morgan fingerprint density at radius 3 is 2.47 bits per heavy atom. The van der Waals surface area contributed by atoms with Crippen molar-refractivity contribution in [1.29, 1.82) is 0 Å². The maximum Gasteiger partial charge on any atom is 0.317 e. The fraction of sp³-hybridized carbons (Fsp3) is 0.417. The van der Waals surface area contributed by atoms with E-state index in [1.54, 1.807) is 7.11 Å². The van der Waals surface area contributed by atoms with E-state index in [2.05, 4.69) is 10.6 Å². The van der Waals surface area contributed by atoms with Gasteiger partial charge in [0.15, 0.2) is 0 Å². The molecule has 1 unspecified atom stereocenters. The Balaban J connectivity index is 1.40. The lowest BCUT2D eigenvalue weighted by molar-refractivity contribution is -0.126. The third kappa shape index (κ3) is 6.24. The molecule has 6 nitrogen and oxygen atoms in total. The van der Waals surface area contributed by atoms with Crippen LogP contribution in [0.25, 0.3) is 0 Å². The van der Waals surface area contributed by atoms with Gasteiger partial charge < -0.3 is 20.3 Å². The molecule has 2 aromatic carbocycles. The van der Waals surface area contributed by atoms with E-state index in [0.29, 0.717) is 32.5 Å². The molecule has 2 N–H and O–H groups in total. The van der Waals surface area contributed by atoms with E-state index in [4.69, 9.17) is 4.74 Å². The molecule has 1 saturated heterocycles. The van der Waals surface area contributed by atoms with E-state index in [1.807, 2.05) is 66.4 Å². The van der Waals surface area contributed by atoms with Crippen LogP contribution < -0.4 is 15.4 Å². The molecular formula is C24H31N3O3. The molecule has 1 atom stereocenters. The molecular weight excluding hydrogens is 378 g/mol. The van der Waals surface area contributed by atoms with E-state index in [9.17, 15) is 9.59 Å². The van der Waals surface area contributed by atoms with Crippen molar-refractivity contribution < 1.29 is 14.3 Å². The molecule has 0 aromatic heterocycles. The fourth-order valence-corrected chi connectivity index (χ4v) is 3.78. The summed E-state index contributed by atoms with van der Waals surface area (Å²) in [6.07, 6.45) is 2.12. The molecule has 1 aliphatic rings. The molecule has 0 radical (unpaired) electrons. The first kappa shape index (κ1) is 21.7. The second kappa shape index (κ2) is 10.7. The minimum Gasteiger partial charge on any atom is -0.497 e. The third-order valence-electron chi connectivity index (χ3n) is 5.51. The van der Waals surface area contributed by atoms with Gasteiger partial charge in [-0.25, -0.2) is 4.79 Å². The van der Waals surface area contributed by atoms with Crippen molar-refractivity contribution in [1.82, 2.24) is 15.5 Å². The third-order valence-corrected chi connectivity index (χ3v) is 5.51. The maximum atomic E-state index is 12.6. The Labute approximate surface area is 178 Å². The number of urea groups is 1. The lowest BCUT2D eigenvalue weighted by Crippen LogP contribution is -2.49. The van der Waals surface area contributed by atoms with Crippen LogP contribution in [-0.4, -0.2) is 43.1 Å². The van der Waals surface area contributed by atoms with Crippen LogP contribution in [0, 0.1) is 5.92 Å². The van der Waals surface area contributed by atoms with Crippen molar-refractivity contribution in [3.05, 3.63) is 65.7 Å². The molecule has 6 heteroatoms. The van der Waals surface area contributed by atoms with Crippen LogP contribution >= 0.6 is 0 Å². The number of carbonyl (C=O) groups is 2. The van der Waals surface area contributed by atoms with Crippen LogP contribution in [0.4, 0.5) is 4.79 Å². The number of piperidine rings is 1. The van der Waals surface area contributed by atoms with Crippen LogP contribution in [0.2, 0.25) is 0 Å². The normalized spacial score (nSPS) is 15.3. The van der Waals surface area contributed by atoms with Gasteiger partial charge in [0, 0.05) is 31.6 Å². The second-order valence-electron chi connectivity index (χ2n) is 7.87. The standard InChI is InChI=1S/C24H31N3O3/c1-18(15-20-9-6-10-22(16-20)30-2)26-24(29)27-13-11-21(12-14-27)23(28)25-17-19-7-4-3-5-8-19/h3-10,16,18,21H,11-15,17H2,1-2H3,(H,25,28)(H,26,29). The van der Waals surface area contributed by atoms with Gasteiger partial charge in [0.05, 0.1) is 7.11 Å². The zero-order valence-corrected chi connectivity index (χ0v) is 17.8. The Bertz CT molecular complexity index is 833.